The van der Waals surface area contributed by atoms with Crippen molar-refractivity contribution in [2.75, 3.05) is 17.3 Å². The van der Waals surface area contributed by atoms with Gasteiger partial charge in [0.2, 0.25) is 0 Å². The van der Waals surface area contributed by atoms with Gasteiger partial charge < -0.3 is 10.2 Å². The minimum Gasteiger partial charge on any atom is -0.342 e. The van der Waals surface area contributed by atoms with Gasteiger partial charge in [-0.2, -0.15) is 5.26 Å². The fourth-order valence-corrected chi connectivity index (χ4v) is 2.62. The number of nitriles is 1. The van der Waals surface area contributed by atoms with Crippen molar-refractivity contribution in [1.29, 1.82) is 5.26 Å². The van der Waals surface area contributed by atoms with E-state index in [0.29, 0.717) is 21.8 Å². The molecule has 0 saturated carbocycles. The number of nitrogens with zero attached hydrogens (tertiary/aromatic N) is 4. The van der Waals surface area contributed by atoms with Crippen molar-refractivity contribution in [2.45, 2.75) is 0 Å². The van der Waals surface area contributed by atoms with Gasteiger partial charge in [0.15, 0.2) is 0 Å². The molecule has 1 heterocycles. The van der Waals surface area contributed by atoms with E-state index in [1.54, 1.807) is 48.8 Å². The van der Waals surface area contributed by atoms with E-state index in [9.17, 15) is 4.79 Å². The summed E-state index contributed by atoms with van der Waals surface area (Å²) in [5, 5.41) is 12.2. The van der Waals surface area contributed by atoms with E-state index in [2.05, 4.69) is 15.3 Å². The van der Waals surface area contributed by atoms with Crippen molar-refractivity contribution in [2.24, 2.45) is 0 Å². The maximum Gasteiger partial charge on any atom is 0.255 e. The number of nitrogens with one attached hydrogen (secondary N) is 1. The third-order valence-corrected chi connectivity index (χ3v) is 3.93. The maximum atomic E-state index is 12.4. The molecule has 26 heavy (non-hydrogen) atoms. The summed E-state index contributed by atoms with van der Waals surface area (Å²) in [5.41, 5.74) is 2.93. The van der Waals surface area contributed by atoms with Crippen molar-refractivity contribution in [3.05, 3.63) is 77.3 Å². The summed E-state index contributed by atoms with van der Waals surface area (Å²) >= 11 is 6.21. The van der Waals surface area contributed by atoms with Gasteiger partial charge in [0.05, 0.1) is 29.7 Å². The van der Waals surface area contributed by atoms with Gasteiger partial charge in [-0.15, -0.1) is 0 Å². The summed E-state index contributed by atoms with van der Waals surface area (Å²) in [6.45, 7) is 0. The highest BCUT2D eigenvalue weighted by Gasteiger charge is 2.11. The predicted molar refractivity (Wildman–Crippen MR) is 101 cm³/mol. The molecule has 2 aromatic carbocycles. The van der Waals surface area contributed by atoms with Crippen LogP contribution in [0.4, 0.5) is 17.1 Å². The molecule has 1 aromatic heterocycles. The average molecular weight is 364 g/mol. The van der Waals surface area contributed by atoms with Crippen LogP contribution in [0.15, 0.2) is 61.2 Å². The van der Waals surface area contributed by atoms with E-state index in [1.807, 2.05) is 18.0 Å². The molecule has 0 unspecified atom stereocenters. The van der Waals surface area contributed by atoms with E-state index in [1.165, 1.54) is 12.4 Å². The largest absolute Gasteiger partial charge is 0.342 e. The number of halogens is 1. The molecule has 0 fully saturated rings. The van der Waals surface area contributed by atoms with Gasteiger partial charge >= 0.3 is 0 Å². The fraction of sp³-hybridized carbons (Fsp3) is 0.0526. The van der Waals surface area contributed by atoms with Crippen molar-refractivity contribution in [1.82, 2.24) is 9.97 Å². The standard InChI is InChI=1S/C19H14ClN5O/c1-25(18-10-22-12-23-11-18)17-7-15(20)6-16(8-17)24-19(26)14-4-2-3-13(5-14)9-21/h2-8,10-12H,1H3,(H,24,26). The number of benzene rings is 2. The molecule has 0 spiro atoms. The van der Waals surface area contributed by atoms with Crippen LogP contribution in [0.25, 0.3) is 0 Å². The number of hydrogen-bond acceptors (Lipinski definition) is 5. The first kappa shape index (κ1) is 17.4. The monoisotopic (exact) mass is 363 g/mol. The quantitative estimate of drug-likeness (QED) is 0.757. The van der Waals surface area contributed by atoms with E-state index in [4.69, 9.17) is 16.9 Å². The van der Waals surface area contributed by atoms with Crippen LogP contribution >= 0.6 is 11.6 Å². The zero-order valence-corrected chi connectivity index (χ0v) is 14.6. The Hall–Kier alpha value is -3.43. The van der Waals surface area contributed by atoms with Gasteiger partial charge in [0.1, 0.15) is 6.33 Å². The summed E-state index contributed by atoms with van der Waals surface area (Å²) in [4.78, 5) is 22.3. The lowest BCUT2D eigenvalue weighted by Gasteiger charge is -2.20. The van der Waals surface area contributed by atoms with Gasteiger partial charge in [0, 0.05) is 29.0 Å². The first-order valence-electron chi connectivity index (χ1n) is 7.67. The summed E-state index contributed by atoms with van der Waals surface area (Å²) in [6, 6.07) is 13.7. The fourth-order valence-electron chi connectivity index (χ4n) is 2.39. The van der Waals surface area contributed by atoms with E-state index < -0.39 is 0 Å². The molecule has 0 bridgehead atoms. The number of carbonyl (C=O) groups is 1. The number of carbonyl (C=O) groups excluding carboxylic acids is 1. The topological polar surface area (TPSA) is 81.9 Å². The Bertz CT molecular complexity index is 985. The molecule has 0 saturated heterocycles. The molecule has 0 aliphatic rings. The second-order valence-corrected chi connectivity index (χ2v) is 5.94. The van der Waals surface area contributed by atoms with E-state index in [-0.39, 0.29) is 5.91 Å². The molecule has 1 N–H and O–H groups in total. The van der Waals surface area contributed by atoms with Crippen LogP contribution in [0, 0.1) is 11.3 Å². The van der Waals surface area contributed by atoms with E-state index in [0.717, 1.165) is 11.4 Å². The zero-order chi connectivity index (χ0) is 18.5. The third kappa shape index (κ3) is 3.97. The van der Waals surface area contributed by atoms with Crippen LogP contribution < -0.4 is 10.2 Å². The normalized spacial score (nSPS) is 10.0. The molecule has 3 aromatic rings. The Balaban J connectivity index is 1.86. The van der Waals surface area contributed by atoms with E-state index >= 15 is 0 Å². The molecule has 3 rings (SSSR count). The molecule has 0 aliphatic carbocycles. The van der Waals surface area contributed by atoms with Crippen LogP contribution in [0.5, 0.6) is 0 Å². The van der Waals surface area contributed by atoms with Crippen molar-refractivity contribution in [3.8, 4) is 6.07 Å². The van der Waals surface area contributed by atoms with Crippen molar-refractivity contribution in [3.63, 3.8) is 0 Å². The highest BCUT2D eigenvalue weighted by Crippen LogP contribution is 2.29. The summed E-state index contributed by atoms with van der Waals surface area (Å²) in [5.74, 6) is -0.319. The number of amides is 1. The Morgan fingerprint density at radius 2 is 1.92 bits per heavy atom. The second kappa shape index (κ2) is 7.64. The number of aromatic nitrogens is 2. The number of rotatable bonds is 4. The molecule has 7 heteroatoms. The van der Waals surface area contributed by atoms with Crippen LogP contribution in [0.2, 0.25) is 5.02 Å². The first-order valence-corrected chi connectivity index (χ1v) is 8.05. The third-order valence-electron chi connectivity index (χ3n) is 3.72. The Morgan fingerprint density at radius 1 is 1.15 bits per heavy atom. The Morgan fingerprint density at radius 3 is 2.65 bits per heavy atom. The Kier molecular flexibility index (Phi) is 5.11. The van der Waals surface area contributed by atoms with Gasteiger partial charge in [-0.3, -0.25) is 4.79 Å². The SMILES string of the molecule is CN(c1cncnc1)c1cc(Cl)cc(NC(=O)c2cccc(C#N)c2)c1. The lowest BCUT2D eigenvalue weighted by atomic mass is 10.1. The Labute approximate surface area is 155 Å². The average Bonchev–Trinajstić information content (AvgIpc) is 2.67. The smallest absolute Gasteiger partial charge is 0.255 e. The van der Waals surface area contributed by atoms with Crippen LogP contribution in [-0.2, 0) is 0 Å². The molecular weight excluding hydrogens is 350 g/mol. The summed E-state index contributed by atoms with van der Waals surface area (Å²) in [7, 11) is 1.85. The van der Waals surface area contributed by atoms with Crippen molar-refractivity contribution < 1.29 is 4.79 Å². The van der Waals surface area contributed by atoms with Crippen molar-refractivity contribution >= 4 is 34.6 Å². The maximum absolute atomic E-state index is 12.4. The molecule has 0 radical (unpaired) electrons. The molecule has 1 amide bonds. The van der Waals surface area contributed by atoms with Gasteiger partial charge in [-0.05, 0) is 36.4 Å². The second-order valence-electron chi connectivity index (χ2n) is 5.50. The van der Waals surface area contributed by atoms with Gasteiger partial charge in [0.25, 0.3) is 5.91 Å². The van der Waals surface area contributed by atoms with Crippen LogP contribution in [-0.4, -0.2) is 22.9 Å². The zero-order valence-electron chi connectivity index (χ0n) is 13.8. The molecule has 6 nitrogen and oxygen atoms in total. The minimum atomic E-state index is -0.319. The minimum absolute atomic E-state index is 0.319. The molecule has 128 valence electrons. The first-order chi connectivity index (χ1) is 12.6. The predicted octanol–water partition coefficient (Wildman–Crippen LogP) is 4.02. The highest BCUT2D eigenvalue weighted by molar-refractivity contribution is 6.31. The number of hydrogen-bond donors (Lipinski definition) is 1. The van der Waals surface area contributed by atoms with Crippen LogP contribution in [0.1, 0.15) is 15.9 Å². The van der Waals surface area contributed by atoms with Gasteiger partial charge in [-0.1, -0.05) is 17.7 Å². The highest BCUT2D eigenvalue weighted by atomic mass is 35.5. The number of anilines is 3. The molecular formula is C19H14ClN5O. The van der Waals surface area contributed by atoms with Crippen LogP contribution in [0.3, 0.4) is 0 Å². The summed E-state index contributed by atoms with van der Waals surface area (Å²) in [6.07, 6.45) is 4.81. The summed E-state index contributed by atoms with van der Waals surface area (Å²) < 4.78 is 0. The lowest BCUT2D eigenvalue weighted by Crippen LogP contribution is -2.14. The molecule has 0 aliphatic heterocycles. The lowest BCUT2D eigenvalue weighted by molar-refractivity contribution is 0.102. The van der Waals surface area contributed by atoms with Gasteiger partial charge in [-0.25, -0.2) is 9.97 Å². The molecule has 0 atom stereocenters.